The average molecular weight is 254 g/mol. The molecule has 0 amide bonds. The van der Waals surface area contributed by atoms with Crippen LogP contribution in [0.1, 0.15) is 5.69 Å². The topological polar surface area (TPSA) is 66.0 Å². The maximum absolute atomic E-state index is 5.92. The van der Waals surface area contributed by atoms with Crippen molar-refractivity contribution in [1.82, 2.24) is 14.8 Å². The lowest BCUT2D eigenvalue weighted by Gasteiger charge is -2.09. The summed E-state index contributed by atoms with van der Waals surface area (Å²) in [6, 6.07) is 9.34. The number of anilines is 1. The number of nitrogens with two attached hydrogens (primary N) is 1. The molecule has 0 aliphatic carbocycles. The maximum atomic E-state index is 5.92. The first-order valence-corrected chi connectivity index (χ1v) is 5.97. The number of fused-ring (bicyclic) bond motifs is 1. The van der Waals surface area contributed by atoms with Gasteiger partial charge < -0.3 is 10.5 Å². The second kappa shape index (κ2) is 4.28. The molecule has 0 atom stereocenters. The van der Waals surface area contributed by atoms with Crippen LogP contribution in [0, 0.1) is 6.92 Å². The summed E-state index contributed by atoms with van der Waals surface area (Å²) in [5.74, 6) is 1.41. The molecule has 3 rings (SSSR count). The molecule has 0 saturated carbocycles. The van der Waals surface area contributed by atoms with Gasteiger partial charge in [0.05, 0.1) is 16.9 Å². The van der Waals surface area contributed by atoms with Gasteiger partial charge in [-0.05, 0) is 31.2 Å². The Labute approximate surface area is 110 Å². The van der Waals surface area contributed by atoms with Gasteiger partial charge in [0.2, 0.25) is 5.88 Å². The smallest absolute Gasteiger partial charge is 0.217 e. The summed E-state index contributed by atoms with van der Waals surface area (Å²) < 4.78 is 7.61. The van der Waals surface area contributed by atoms with Crippen LogP contribution in [0.15, 0.2) is 36.5 Å². The monoisotopic (exact) mass is 254 g/mol. The summed E-state index contributed by atoms with van der Waals surface area (Å²) in [6.07, 6.45) is 1.72. The summed E-state index contributed by atoms with van der Waals surface area (Å²) in [4.78, 5) is 4.28. The van der Waals surface area contributed by atoms with Crippen molar-refractivity contribution < 1.29 is 4.74 Å². The Bertz CT molecular complexity index is 748. The largest absolute Gasteiger partial charge is 0.439 e. The van der Waals surface area contributed by atoms with E-state index in [2.05, 4.69) is 10.1 Å². The molecule has 0 fully saturated rings. The van der Waals surface area contributed by atoms with E-state index in [4.69, 9.17) is 10.5 Å². The van der Waals surface area contributed by atoms with E-state index in [9.17, 15) is 0 Å². The van der Waals surface area contributed by atoms with E-state index in [-0.39, 0.29) is 0 Å². The van der Waals surface area contributed by atoms with Crippen LogP contribution in [0.2, 0.25) is 0 Å². The molecule has 5 nitrogen and oxygen atoms in total. The number of hydrogen-bond acceptors (Lipinski definition) is 4. The highest BCUT2D eigenvalue weighted by molar-refractivity contribution is 5.93. The number of nitrogens with zero attached hydrogens (tertiary/aromatic N) is 3. The Morgan fingerprint density at radius 3 is 2.84 bits per heavy atom. The number of pyridine rings is 1. The molecular weight excluding hydrogens is 240 g/mol. The van der Waals surface area contributed by atoms with Gasteiger partial charge in [0.15, 0.2) is 0 Å². The third kappa shape index (κ3) is 1.99. The normalized spacial score (nSPS) is 10.8. The lowest BCUT2D eigenvalue weighted by Crippen LogP contribution is -1.97. The summed E-state index contributed by atoms with van der Waals surface area (Å²) in [5, 5.41) is 5.15. The van der Waals surface area contributed by atoms with Crippen LogP contribution in [0.3, 0.4) is 0 Å². The van der Waals surface area contributed by atoms with E-state index >= 15 is 0 Å². The fourth-order valence-electron chi connectivity index (χ4n) is 2.05. The van der Waals surface area contributed by atoms with Crippen LogP contribution < -0.4 is 10.5 Å². The van der Waals surface area contributed by atoms with Gasteiger partial charge in [-0.2, -0.15) is 5.10 Å². The van der Waals surface area contributed by atoms with Crippen molar-refractivity contribution in [2.75, 3.05) is 5.73 Å². The number of nitrogen functional groups attached to an aromatic ring is 1. The van der Waals surface area contributed by atoms with Crippen LogP contribution in [-0.4, -0.2) is 14.8 Å². The van der Waals surface area contributed by atoms with Crippen LogP contribution in [0.5, 0.6) is 11.6 Å². The SMILES string of the molecule is Cc1cc(Oc2ccc(N)c3ncccc23)n(C)n1. The van der Waals surface area contributed by atoms with Crippen molar-refractivity contribution in [3.05, 3.63) is 42.2 Å². The van der Waals surface area contributed by atoms with Crippen LogP contribution in [0.4, 0.5) is 5.69 Å². The Balaban J connectivity index is 2.11. The van der Waals surface area contributed by atoms with Gasteiger partial charge in [-0.15, -0.1) is 0 Å². The van der Waals surface area contributed by atoms with Crippen LogP contribution in [0.25, 0.3) is 10.9 Å². The van der Waals surface area contributed by atoms with E-state index in [1.165, 1.54) is 0 Å². The number of aromatic nitrogens is 3. The molecule has 3 aromatic rings. The molecule has 0 aliphatic rings. The predicted molar refractivity (Wildman–Crippen MR) is 74.2 cm³/mol. The van der Waals surface area contributed by atoms with Crippen LogP contribution >= 0.6 is 0 Å². The summed E-state index contributed by atoms with van der Waals surface area (Å²) in [7, 11) is 1.85. The summed E-state index contributed by atoms with van der Waals surface area (Å²) >= 11 is 0. The molecule has 96 valence electrons. The first-order valence-electron chi connectivity index (χ1n) is 5.97. The molecule has 0 unspecified atom stereocenters. The molecule has 0 radical (unpaired) electrons. The molecule has 1 aromatic carbocycles. The zero-order valence-corrected chi connectivity index (χ0v) is 10.8. The van der Waals surface area contributed by atoms with E-state index in [0.717, 1.165) is 22.3 Å². The van der Waals surface area contributed by atoms with Gasteiger partial charge in [0.1, 0.15) is 5.75 Å². The lowest BCUT2D eigenvalue weighted by molar-refractivity contribution is 0.435. The molecular formula is C14H14N4O. The Morgan fingerprint density at radius 1 is 1.26 bits per heavy atom. The highest BCUT2D eigenvalue weighted by atomic mass is 16.5. The summed E-state index contributed by atoms with van der Waals surface area (Å²) in [5.41, 5.74) is 8.22. The number of ether oxygens (including phenoxy) is 1. The first-order chi connectivity index (χ1) is 9.15. The van der Waals surface area contributed by atoms with Gasteiger partial charge in [-0.3, -0.25) is 4.98 Å². The molecule has 2 aromatic heterocycles. The zero-order valence-electron chi connectivity index (χ0n) is 10.8. The minimum absolute atomic E-state index is 0.643. The fraction of sp³-hybridized carbons (Fsp3) is 0.143. The molecule has 0 bridgehead atoms. The van der Waals surface area contributed by atoms with Crippen molar-refractivity contribution in [2.45, 2.75) is 6.92 Å². The molecule has 5 heteroatoms. The number of benzene rings is 1. The quantitative estimate of drug-likeness (QED) is 0.714. The van der Waals surface area contributed by atoms with Crippen LogP contribution in [-0.2, 0) is 7.05 Å². The molecule has 19 heavy (non-hydrogen) atoms. The van der Waals surface area contributed by atoms with E-state index in [1.54, 1.807) is 16.9 Å². The van der Waals surface area contributed by atoms with Gasteiger partial charge >= 0.3 is 0 Å². The van der Waals surface area contributed by atoms with Crippen molar-refractivity contribution in [3.8, 4) is 11.6 Å². The third-order valence-electron chi connectivity index (χ3n) is 2.93. The molecule has 2 heterocycles. The molecule has 0 spiro atoms. The zero-order chi connectivity index (χ0) is 13.4. The van der Waals surface area contributed by atoms with Gasteiger partial charge in [0.25, 0.3) is 0 Å². The Hall–Kier alpha value is -2.56. The van der Waals surface area contributed by atoms with Gasteiger partial charge in [-0.1, -0.05) is 0 Å². The van der Waals surface area contributed by atoms with E-state index < -0.39 is 0 Å². The van der Waals surface area contributed by atoms with Gasteiger partial charge in [0, 0.05) is 24.7 Å². The second-order valence-corrected chi connectivity index (χ2v) is 4.40. The van der Waals surface area contributed by atoms with Crippen molar-refractivity contribution >= 4 is 16.6 Å². The van der Waals surface area contributed by atoms with E-state index in [1.807, 2.05) is 38.2 Å². The fourth-order valence-corrected chi connectivity index (χ4v) is 2.05. The number of hydrogen-bond donors (Lipinski definition) is 1. The molecule has 2 N–H and O–H groups in total. The lowest BCUT2D eigenvalue weighted by atomic mass is 10.2. The molecule has 0 aliphatic heterocycles. The highest BCUT2D eigenvalue weighted by Crippen LogP contribution is 2.31. The van der Waals surface area contributed by atoms with E-state index in [0.29, 0.717) is 11.6 Å². The summed E-state index contributed by atoms with van der Waals surface area (Å²) in [6.45, 7) is 1.93. The van der Waals surface area contributed by atoms with Crippen molar-refractivity contribution in [3.63, 3.8) is 0 Å². The first kappa shape index (κ1) is 11.5. The number of aryl methyl sites for hydroxylation is 2. The average Bonchev–Trinajstić information content (AvgIpc) is 2.72. The predicted octanol–water partition coefficient (Wildman–Crippen LogP) is 2.65. The van der Waals surface area contributed by atoms with Crippen molar-refractivity contribution in [2.24, 2.45) is 7.05 Å². The maximum Gasteiger partial charge on any atom is 0.217 e. The van der Waals surface area contributed by atoms with Crippen molar-refractivity contribution in [1.29, 1.82) is 0 Å². The molecule has 0 saturated heterocycles. The highest BCUT2D eigenvalue weighted by Gasteiger charge is 2.09. The Kier molecular flexibility index (Phi) is 2.59. The minimum Gasteiger partial charge on any atom is -0.439 e. The Morgan fingerprint density at radius 2 is 2.11 bits per heavy atom. The minimum atomic E-state index is 0.643. The third-order valence-corrected chi connectivity index (χ3v) is 2.93. The number of rotatable bonds is 2. The second-order valence-electron chi connectivity index (χ2n) is 4.40. The van der Waals surface area contributed by atoms with Gasteiger partial charge in [-0.25, -0.2) is 4.68 Å². The standard InChI is InChI=1S/C14H14N4O/c1-9-8-13(18(2)17-9)19-12-6-5-11(15)14-10(12)4-3-7-16-14/h3-8H,15H2,1-2H3.